The van der Waals surface area contributed by atoms with Crippen molar-refractivity contribution in [3.8, 4) is 0 Å². The maximum absolute atomic E-state index is 10.6. The summed E-state index contributed by atoms with van der Waals surface area (Å²) in [6.07, 6.45) is 1.86. The van der Waals surface area contributed by atoms with Crippen molar-refractivity contribution in [1.82, 2.24) is 0 Å². The first kappa shape index (κ1) is 16.7. The summed E-state index contributed by atoms with van der Waals surface area (Å²) in [5.74, 6) is 0. The molecule has 1 N–H and O–H groups in total. The number of unbranched alkanes of at least 4 members (excludes halogenated alkanes) is 1. The molecule has 0 bridgehead atoms. The zero-order chi connectivity index (χ0) is 14.8. The smallest absolute Gasteiger partial charge is 0.271 e. The molecule has 0 atom stereocenters. The van der Waals surface area contributed by atoms with Crippen molar-refractivity contribution in [3.63, 3.8) is 0 Å². The van der Waals surface area contributed by atoms with Gasteiger partial charge in [0.25, 0.3) is 5.69 Å². The number of hydrogen-bond acceptors (Lipinski definition) is 5. The third-order valence-corrected chi connectivity index (χ3v) is 2.94. The Kier molecular flexibility index (Phi) is 7.94. The Bertz CT molecular complexity index is 429. The number of ether oxygens (including phenoxy) is 2. The Labute approximate surface area is 123 Å². The molecule has 0 radical (unpaired) electrons. The van der Waals surface area contributed by atoms with Crippen LogP contribution in [-0.2, 0) is 9.47 Å². The zero-order valence-electron chi connectivity index (χ0n) is 11.4. The van der Waals surface area contributed by atoms with E-state index in [0.29, 0.717) is 30.5 Å². The van der Waals surface area contributed by atoms with E-state index in [-0.39, 0.29) is 5.69 Å². The summed E-state index contributed by atoms with van der Waals surface area (Å²) in [5.41, 5.74) is 0.699. The fourth-order valence-electron chi connectivity index (χ4n) is 1.56. The van der Waals surface area contributed by atoms with Crippen LogP contribution in [0.5, 0.6) is 0 Å². The van der Waals surface area contributed by atoms with Gasteiger partial charge in [0.1, 0.15) is 0 Å². The van der Waals surface area contributed by atoms with Crippen LogP contribution in [-0.4, -0.2) is 38.4 Å². The second-order valence-electron chi connectivity index (χ2n) is 4.16. The lowest BCUT2D eigenvalue weighted by atomic mass is 10.2. The normalized spacial score (nSPS) is 10.5. The van der Waals surface area contributed by atoms with Crippen molar-refractivity contribution in [2.45, 2.75) is 12.8 Å². The Morgan fingerprint density at radius 2 is 2.10 bits per heavy atom. The van der Waals surface area contributed by atoms with E-state index in [2.05, 4.69) is 5.32 Å². The minimum atomic E-state index is -0.465. The van der Waals surface area contributed by atoms with Crippen LogP contribution in [0.2, 0.25) is 5.02 Å². The lowest BCUT2D eigenvalue weighted by molar-refractivity contribution is -0.384. The fraction of sp³-hybridized carbons (Fsp3) is 0.538. The SMILES string of the molecule is COCCOCCCCNc1ccc([N+](=O)[O-])cc1Cl. The maximum atomic E-state index is 10.6. The zero-order valence-corrected chi connectivity index (χ0v) is 12.2. The van der Waals surface area contributed by atoms with Gasteiger partial charge >= 0.3 is 0 Å². The first-order chi connectivity index (χ1) is 9.65. The summed E-state index contributed by atoms with van der Waals surface area (Å²) in [4.78, 5) is 10.1. The molecule has 0 heterocycles. The molecule has 0 aliphatic carbocycles. The number of methoxy groups -OCH3 is 1. The van der Waals surface area contributed by atoms with Crippen molar-refractivity contribution in [1.29, 1.82) is 0 Å². The Morgan fingerprint density at radius 3 is 2.75 bits per heavy atom. The van der Waals surface area contributed by atoms with Gasteiger partial charge in [0.2, 0.25) is 0 Å². The molecule has 112 valence electrons. The predicted octanol–water partition coefficient (Wildman–Crippen LogP) is 3.10. The standard InChI is InChI=1S/C13H19ClN2O4/c1-19-8-9-20-7-3-2-6-15-13-5-4-11(16(17)18)10-12(13)14/h4-5,10,15H,2-3,6-9H2,1H3. The van der Waals surface area contributed by atoms with Crippen LogP contribution in [0.15, 0.2) is 18.2 Å². The van der Waals surface area contributed by atoms with Crippen molar-refractivity contribution in [2.24, 2.45) is 0 Å². The minimum Gasteiger partial charge on any atom is -0.384 e. The Hall–Kier alpha value is -1.37. The fourth-order valence-corrected chi connectivity index (χ4v) is 1.80. The molecule has 0 spiro atoms. The number of nitrogens with zero attached hydrogens (tertiary/aromatic N) is 1. The number of hydrogen-bond donors (Lipinski definition) is 1. The van der Waals surface area contributed by atoms with E-state index in [1.165, 1.54) is 12.1 Å². The molecule has 1 rings (SSSR count). The molecule has 0 aliphatic rings. The number of halogens is 1. The maximum Gasteiger partial charge on any atom is 0.271 e. The van der Waals surface area contributed by atoms with Gasteiger partial charge in [0.05, 0.1) is 28.8 Å². The molecule has 7 heteroatoms. The summed E-state index contributed by atoms with van der Waals surface area (Å²) in [6, 6.07) is 4.40. The van der Waals surface area contributed by atoms with E-state index < -0.39 is 4.92 Å². The molecule has 1 aromatic rings. The van der Waals surface area contributed by atoms with Gasteiger partial charge in [-0.1, -0.05) is 11.6 Å². The van der Waals surface area contributed by atoms with Gasteiger partial charge in [-0.3, -0.25) is 10.1 Å². The number of nitro groups is 1. The van der Waals surface area contributed by atoms with Gasteiger partial charge in [-0.25, -0.2) is 0 Å². The highest BCUT2D eigenvalue weighted by atomic mass is 35.5. The van der Waals surface area contributed by atoms with E-state index in [1.807, 2.05) is 0 Å². The number of anilines is 1. The second-order valence-corrected chi connectivity index (χ2v) is 4.57. The van der Waals surface area contributed by atoms with Crippen LogP contribution < -0.4 is 5.32 Å². The highest BCUT2D eigenvalue weighted by molar-refractivity contribution is 6.33. The first-order valence-corrected chi connectivity index (χ1v) is 6.77. The number of rotatable bonds is 10. The first-order valence-electron chi connectivity index (χ1n) is 6.39. The number of nitrogens with one attached hydrogen (secondary N) is 1. The molecule has 6 nitrogen and oxygen atoms in total. The molecule has 0 fully saturated rings. The van der Waals surface area contributed by atoms with Gasteiger partial charge < -0.3 is 14.8 Å². The van der Waals surface area contributed by atoms with E-state index >= 15 is 0 Å². The predicted molar refractivity (Wildman–Crippen MR) is 78.5 cm³/mol. The third-order valence-electron chi connectivity index (χ3n) is 2.63. The monoisotopic (exact) mass is 302 g/mol. The summed E-state index contributed by atoms with van der Waals surface area (Å²) < 4.78 is 10.2. The van der Waals surface area contributed by atoms with Crippen molar-refractivity contribution >= 4 is 23.0 Å². The molecule has 0 amide bonds. The molecular formula is C13H19ClN2O4. The van der Waals surface area contributed by atoms with Crippen molar-refractivity contribution < 1.29 is 14.4 Å². The van der Waals surface area contributed by atoms with Crippen LogP contribution in [0.4, 0.5) is 11.4 Å². The van der Waals surface area contributed by atoms with Gasteiger partial charge in [0, 0.05) is 32.4 Å². The van der Waals surface area contributed by atoms with Crippen LogP contribution in [0.3, 0.4) is 0 Å². The quantitative estimate of drug-likeness (QED) is 0.408. The second kappa shape index (κ2) is 9.52. The summed E-state index contributed by atoms with van der Waals surface area (Å²) in [5, 5.41) is 14.1. The summed E-state index contributed by atoms with van der Waals surface area (Å²) in [6.45, 7) is 2.65. The molecular weight excluding hydrogens is 284 g/mol. The molecule has 20 heavy (non-hydrogen) atoms. The molecule has 0 saturated heterocycles. The van der Waals surface area contributed by atoms with E-state index in [1.54, 1.807) is 13.2 Å². The van der Waals surface area contributed by atoms with E-state index in [9.17, 15) is 10.1 Å². The number of non-ortho nitro benzene ring substituents is 1. The van der Waals surface area contributed by atoms with Crippen LogP contribution in [0.1, 0.15) is 12.8 Å². The van der Waals surface area contributed by atoms with Crippen LogP contribution >= 0.6 is 11.6 Å². The summed E-state index contributed by atoms with van der Waals surface area (Å²) >= 11 is 5.97. The molecule has 0 aromatic heterocycles. The van der Waals surface area contributed by atoms with Crippen molar-refractivity contribution in [2.75, 3.05) is 38.8 Å². The lowest BCUT2D eigenvalue weighted by Crippen LogP contribution is -2.06. The Morgan fingerprint density at radius 1 is 1.30 bits per heavy atom. The topological polar surface area (TPSA) is 73.6 Å². The highest BCUT2D eigenvalue weighted by Crippen LogP contribution is 2.26. The van der Waals surface area contributed by atoms with Crippen molar-refractivity contribution in [3.05, 3.63) is 33.3 Å². The van der Waals surface area contributed by atoms with Crippen LogP contribution in [0.25, 0.3) is 0 Å². The minimum absolute atomic E-state index is 0.00732. The Balaban J connectivity index is 2.20. The molecule has 0 aliphatic heterocycles. The lowest BCUT2D eigenvalue weighted by Gasteiger charge is -2.08. The van der Waals surface area contributed by atoms with Crippen LogP contribution in [0, 0.1) is 10.1 Å². The third kappa shape index (κ3) is 6.18. The number of nitro benzene ring substituents is 1. The number of benzene rings is 1. The largest absolute Gasteiger partial charge is 0.384 e. The molecule has 1 aromatic carbocycles. The van der Waals surface area contributed by atoms with Gasteiger partial charge in [-0.15, -0.1) is 0 Å². The van der Waals surface area contributed by atoms with E-state index in [0.717, 1.165) is 19.4 Å². The van der Waals surface area contributed by atoms with Gasteiger partial charge in [-0.05, 0) is 18.9 Å². The van der Waals surface area contributed by atoms with Gasteiger partial charge in [0.15, 0.2) is 0 Å². The molecule has 0 unspecified atom stereocenters. The summed E-state index contributed by atoms with van der Waals surface area (Å²) in [7, 11) is 1.64. The van der Waals surface area contributed by atoms with E-state index in [4.69, 9.17) is 21.1 Å². The average Bonchev–Trinajstić information content (AvgIpc) is 2.43. The average molecular weight is 303 g/mol. The highest BCUT2D eigenvalue weighted by Gasteiger charge is 2.08. The van der Waals surface area contributed by atoms with Gasteiger partial charge in [-0.2, -0.15) is 0 Å². The molecule has 0 saturated carbocycles.